The zero-order valence-corrected chi connectivity index (χ0v) is 14.9. The molecule has 0 saturated carbocycles. The van der Waals surface area contributed by atoms with Gasteiger partial charge in [0.15, 0.2) is 0 Å². The van der Waals surface area contributed by atoms with E-state index in [1.807, 2.05) is 6.92 Å². The van der Waals surface area contributed by atoms with Gasteiger partial charge in [0.25, 0.3) is 0 Å². The summed E-state index contributed by atoms with van der Waals surface area (Å²) in [4.78, 5) is 23.1. The number of phenolic OH excluding ortho intramolecular Hbond substituents is 1. The van der Waals surface area contributed by atoms with Gasteiger partial charge in [0.2, 0.25) is 0 Å². The second-order valence-electron chi connectivity index (χ2n) is 5.15. The zero-order valence-electron chi connectivity index (χ0n) is 13.0. The minimum absolute atomic E-state index is 0.0398. The van der Waals surface area contributed by atoms with E-state index in [1.54, 1.807) is 12.1 Å². The molecule has 2 aromatic carbocycles. The Kier molecular flexibility index (Phi) is 5.16. The van der Waals surface area contributed by atoms with Crippen LogP contribution >= 0.6 is 0 Å². The van der Waals surface area contributed by atoms with Gasteiger partial charge in [0.05, 0.1) is 0 Å². The maximum absolute atomic E-state index is 12.4. The van der Waals surface area contributed by atoms with Gasteiger partial charge in [0, 0.05) is 0 Å². The van der Waals surface area contributed by atoms with Crippen LogP contribution in [0, 0.1) is 6.92 Å². The molecule has 0 aliphatic carbocycles. The molecule has 0 aliphatic heterocycles. The average Bonchev–Trinajstić information content (AvgIpc) is 2.49. The molecule has 0 heterocycles. The van der Waals surface area contributed by atoms with Crippen LogP contribution in [0.4, 0.5) is 5.69 Å². The molecule has 3 N–H and O–H groups in total. The SMILES string of the molecule is CC(=O)Nc1cc([As](=O)(O)OC(=O)c2ccc(C)cc2)ccc1O. The van der Waals surface area contributed by atoms with Crippen molar-refractivity contribution in [1.29, 1.82) is 0 Å². The molecular formula is C16H16AsNO6. The minimum atomic E-state index is -5.19. The zero-order chi connectivity index (χ0) is 17.9. The van der Waals surface area contributed by atoms with Crippen LogP contribution in [0.5, 0.6) is 5.75 Å². The van der Waals surface area contributed by atoms with Crippen LogP contribution in [0.25, 0.3) is 0 Å². The van der Waals surface area contributed by atoms with Gasteiger partial charge in [-0.05, 0) is 0 Å². The molecule has 126 valence electrons. The molecule has 0 saturated heterocycles. The third-order valence-corrected chi connectivity index (χ3v) is 5.93. The van der Waals surface area contributed by atoms with Gasteiger partial charge in [-0.1, -0.05) is 0 Å². The van der Waals surface area contributed by atoms with E-state index in [9.17, 15) is 22.5 Å². The molecule has 0 aromatic heterocycles. The fourth-order valence-electron chi connectivity index (χ4n) is 1.90. The number of aryl methyl sites for hydroxylation is 1. The predicted octanol–water partition coefficient (Wildman–Crippen LogP) is 1.08. The number of nitrogens with one attached hydrogen (secondary N) is 1. The van der Waals surface area contributed by atoms with E-state index in [1.165, 1.54) is 25.1 Å². The summed E-state index contributed by atoms with van der Waals surface area (Å²) in [5, 5.41) is 12.0. The van der Waals surface area contributed by atoms with E-state index in [0.29, 0.717) is 0 Å². The summed E-state index contributed by atoms with van der Waals surface area (Å²) >= 11 is -5.19. The van der Waals surface area contributed by atoms with Gasteiger partial charge in [-0.25, -0.2) is 0 Å². The fraction of sp³-hybridized carbons (Fsp3) is 0.125. The first-order chi connectivity index (χ1) is 11.2. The van der Waals surface area contributed by atoms with E-state index < -0.39 is 26.0 Å². The van der Waals surface area contributed by atoms with Crippen molar-refractivity contribution in [2.24, 2.45) is 0 Å². The van der Waals surface area contributed by atoms with Crippen LogP contribution in [0.2, 0.25) is 0 Å². The Hall–Kier alpha value is -2.50. The van der Waals surface area contributed by atoms with Gasteiger partial charge in [0.1, 0.15) is 0 Å². The number of carbonyl (C=O) groups excluding carboxylic acids is 2. The molecule has 7 nitrogen and oxygen atoms in total. The number of hydrogen-bond donors (Lipinski definition) is 3. The molecule has 0 spiro atoms. The molecular weight excluding hydrogens is 377 g/mol. The molecule has 8 heteroatoms. The third-order valence-electron chi connectivity index (χ3n) is 3.11. The summed E-state index contributed by atoms with van der Waals surface area (Å²) in [6.45, 7) is 3.07. The molecule has 0 radical (unpaired) electrons. The van der Waals surface area contributed by atoms with Crippen molar-refractivity contribution in [3.05, 3.63) is 53.6 Å². The fourth-order valence-corrected chi connectivity index (χ4v) is 3.98. The number of anilines is 1. The number of carbonyl (C=O) groups is 2. The van der Waals surface area contributed by atoms with Crippen LogP contribution in [0.15, 0.2) is 42.5 Å². The number of benzene rings is 2. The quantitative estimate of drug-likeness (QED) is 0.530. The van der Waals surface area contributed by atoms with Crippen molar-refractivity contribution >= 4 is 36.1 Å². The number of phenols is 1. The van der Waals surface area contributed by atoms with Crippen LogP contribution in [-0.2, 0) is 12.3 Å². The number of rotatable bonds is 4. The summed E-state index contributed by atoms with van der Waals surface area (Å²) in [6, 6.07) is 9.77. The summed E-state index contributed by atoms with van der Waals surface area (Å²) in [5.41, 5.74) is 1.04. The molecule has 1 amide bonds. The predicted molar refractivity (Wildman–Crippen MR) is 87.3 cm³/mol. The Labute approximate surface area is 141 Å². The van der Waals surface area contributed by atoms with E-state index >= 15 is 0 Å². The van der Waals surface area contributed by atoms with E-state index in [0.717, 1.165) is 17.7 Å². The molecule has 2 rings (SSSR count). The van der Waals surface area contributed by atoms with Crippen LogP contribution in [-0.4, -0.2) is 35.3 Å². The number of amides is 1. The Morgan fingerprint density at radius 1 is 1.12 bits per heavy atom. The number of hydrogen-bond acceptors (Lipinski definition) is 5. The first-order valence-electron chi connectivity index (χ1n) is 6.93. The van der Waals surface area contributed by atoms with Gasteiger partial charge in [-0.3, -0.25) is 0 Å². The van der Waals surface area contributed by atoms with Gasteiger partial charge in [-0.15, -0.1) is 0 Å². The molecule has 0 aliphatic rings. The molecule has 1 atom stereocenters. The van der Waals surface area contributed by atoms with Crippen molar-refractivity contribution in [3.8, 4) is 5.75 Å². The van der Waals surface area contributed by atoms with Crippen LogP contribution in [0.1, 0.15) is 22.8 Å². The monoisotopic (exact) mass is 393 g/mol. The molecule has 1 unspecified atom stereocenters. The molecule has 2 aromatic rings. The third kappa shape index (κ3) is 4.28. The first-order valence-corrected chi connectivity index (χ1v) is 10.2. The normalized spacial score (nSPS) is 13.0. The Morgan fingerprint density at radius 2 is 1.75 bits per heavy atom. The second-order valence-corrected chi connectivity index (χ2v) is 8.80. The van der Waals surface area contributed by atoms with E-state index in [4.69, 9.17) is 3.73 Å². The van der Waals surface area contributed by atoms with Gasteiger partial charge >= 0.3 is 141 Å². The summed E-state index contributed by atoms with van der Waals surface area (Å²) in [5.74, 6) is -1.65. The first kappa shape index (κ1) is 17.8. The standard InChI is InChI=1S/C16H16AsNO6/c1-10-3-5-12(6-4-10)16(21)24-17(22,23)13-7-8-15(20)14(9-13)18-11(2)19/h3-9,20H,1-2H3,(H,18,19)(H,22,23). The van der Waals surface area contributed by atoms with Crippen molar-refractivity contribution in [1.82, 2.24) is 0 Å². The van der Waals surface area contributed by atoms with Crippen molar-refractivity contribution in [2.75, 3.05) is 5.32 Å². The topological polar surface area (TPSA) is 113 Å². The van der Waals surface area contributed by atoms with Crippen molar-refractivity contribution < 1.29 is 26.3 Å². The van der Waals surface area contributed by atoms with Gasteiger partial charge < -0.3 is 0 Å². The Bertz CT molecular complexity index is 831. The van der Waals surface area contributed by atoms with Crippen molar-refractivity contribution in [2.45, 2.75) is 13.8 Å². The molecule has 0 fully saturated rings. The average molecular weight is 393 g/mol. The maximum atomic E-state index is 12.4. The molecule has 0 bridgehead atoms. The number of aromatic hydroxyl groups is 1. The molecule has 24 heavy (non-hydrogen) atoms. The van der Waals surface area contributed by atoms with Crippen molar-refractivity contribution in [3.63, 3.8) is 0 Å². The second kappa shape index (κ2) is 6.94. The van der Waals surface area contributed by atoms with Gasteiger partial charge in [-0.2, -0.15) is 0 Å². The van der Waals surface area contributed by atoms with Crippen LogP contribution in [0.3, 0.4) is 0 Å². The van der Waals surface area contributed by atoms with Crippen LogP contribution < -0.4 is 9.67 Å². The summed E-state index contributed by atoms with van der Waals surface area (Å²) in [7, 11) is 0. The van der Waals surface area contributed by atoms with E-state index in [-0.39, 0.29) is 21.4 Å². The van der Waals surface area contributed by atoms with E-state index in [2.05, 4.69) is 5.32 Å². The Morgan fingerprint density at radius 3 is 2.33 bits per heavy atom. The Balaban J connectivity index is 2.26. The summed E-state index contributed by atoms with van der Waals surface area (Å²) < 4.78 is 27.1. The summed E-state index contributed by atoms with van der Waals surface area (Å²) in [6.07, 6.45) is 0.